The summed E-state index contributed by atoms with van der Waals surface area (Å²) in [5.74, 6) is 0. The molecule has 0 bridgehead atoms. The molecule has 0 radical (unpaired) electrons. The molecule has 0 amide bonds. The molecule has 0 spiro atoms. The Balaban J connectivity index is 2.34. The summed E-state index contributed by atoms with van der Waals surface area (Å²) in [5, 5.41) is 0.481. The molecule has 1 aromatic heterocycles. The second kappa shape index (κ2) is 6.08. The first-order chi connectivity index (χ1) is 10.7. The second-order valence-corrected chi connectivity index (χ2v) is 5.46. The number of benzene rings is 2. The molecule has 0 aliphatic heterocycles. The molecule has 1 N–H and O–H groups in total. The molecular weight excluding hydrogens is 290 g/mol. The Morgan fingerprint density at radius 2 is 1.45 bits per heavy atom. The summed E-state index contributed by atoms with van der Waals surface area (Å²) >= 11 is 6.17. The van der Waals surface area contributed by atoms with Crippen LogP contribution >= 0.6 is 11.6 Å². The fourth-order valence-electron chi connectivity index (χ4n) is 2.66. The Morgan fingerprint density at radius 3 is 1.95 bits per heavy atom. The summed E-state index contributed by atoms with van der Waals surface area (Å²) < 4.78 is 0. The standard InChI is InChI=1S/C20H16ClN/c1-3-17-18(15-10-6-4-7-11-15)20(22-19(17)14(2)21)16-12-8-5-9-13-16/h3-13,22H,1-2H2. The summed E-state index contributed by atoms with van der Waals surface area (Å²) in [5.41, 5.74) is 6.14. The molecule has 22 heavy (non-hydrogen) atoms. The van der Waals surface area contributed by atoms with E-state index < -0.39 is 0 Å². The van der Waals surface area contributed by atoms with Gasteiger partial charge in [0.2, 0.25) is 0 Å². The van der Waals surface area contributed by atoms with Gasteiger partial charge in [0.1, 0.15) is 0 Å². The number of aromatic nitrogens is 1. The third kappa shape index (κ3) is 2.51. The zero-order valence-corrected chi connectivity index (χ0v) is 12.9. The molecule has 2 aromatic carbocycles. The molecule has 1 heterocycles. The third-order valence-corrected chi connectivity index (χ3v) is 3.83. The van der Waals surface area contributed by atoms with Crippen LogP contribution in [0.2, 0.25) is 0 Å². The molecule has 3 rings (SSSR count). The van der Waals surface area contributed by atoms with E-state index in [0.29, 0.717) is 5.03 Å². The summed E-state index contributed by atoms with van der Waals surface area (Å²) in [7, 11) is 0. The van der Waals surface area contributed by atoms with E-state index in [9.17, 15) is 0 Å². The van der Waals surface area contributed by atoms with E-state index >= 15 is 0 Å². The van der Waals surface area contributed by atoms with Crippen LogP contribution in [0.15, 0.2) is 73.8 Å². The van der Waals surface area contributed by atoms with E-state index in [2.05, 4.69) is 42.4 Å². The van der Waals surface area contributed by atoms with Gasteiger partial charge in [0.25, 0.3) is 0 Å². The summed E-state index contributed by atoms with van der Waals surface area (Å²) in [6, 6.07) is 20.4. The molecule has 0 aliphatic rings. The largest absolute Gasteiger partial charge is 0.353 e. The molecule has 0 unspecified atom stereocenters. The molecule has 2 heteroatoms. The zero-order valence-electron chi connectivity index (χ0n) is 12.1. The van der Waals surface area contributed by atoms with Crippen LogP contribution in [0.3, 0.4) is 0 Å². The van der Waals surface area contributed by atoms with E-state index in [0.717, 1.165) is 33.6 Å². The number of H-pyrrole nitrogens is 1. The van der Waals surface area contributed by atoms with Gasteiger partial charge in [-0.3, -0.25) is 0 Å². The molecule has 3 aromatic rings. The first kappa shape index (κ1) is 14.4. The van der Waals surface area contributed by atoms with Crippen molar-refractivity contribution in [2.24, 2.45) is 0 Å². The molecule has 0 aliphatic carbocycles. The van der Waals surface area contributed by atoms with Crippen LogP contribution in [0.5, 0.6) is 0 Å². The number of nitrogens with one attached hydrogen (secondary N) is 1. The van der Waals surface area contributed by atoms with Crippen molar-refractivity contribution in [3.63, 3.8) is 0 Å². The van der Waals surface area contributed by atoms with Gasteiger partial charge in [-0.2, -0.15) is 0 Å². The molecule has 0 saturated carbocycles. The minimum Gasteiger partial charge on any atom is -0.353 e. The average Bonchev–Trinajstić information content (AvgIpc) is 2.96. The lowest BCUT2D eigenvalue weighted by Gasteiger charge is -2.06. The van der Waals surface area contributed by atoms with E-state index in [-0.39, 0.29) is 0 Å². The average molecular weight is 306 g/mol. The molecule has 1 nitrogen and oxygen atoms in total. The van der Waals surface area contributed by atoms with Crippen LogP contribution in [0, 0.1) is 0 Å². The van der Waals surface area contributed by atoms with Crippen LogP contribution < -0.4 is 0 Å². The SMILES string of the molecule is C=Cc1c(C(=C)Cl)[nH]c(-c2ccccc2)c1-c1ccccc1. The maximum absolute atomic E-state index is 6.17. The minimum atomic E-state index is 0.481. The smallest absolute Gasteiger partial charge is 0.0648 e. The summed E-state index contributed by atoms with van der Waals surface area (Å²) in [6.07, 6.45) is 1.83. The first-order valence-electron chi connectivity index (χ1n) is 7.06. The predicted octanol–water partition coefficient (Wildman–Crippen LogP) is 6.20. The Labute approximate surface area is 135 Å². The topological polar surface area (TPSA) is 15.8 Å². The quantitative estimate of drug-likeness (QED) is 0.590. The maximum atomic E-state index is 6.17. The van der Waals surface area contributed by atoms with Crippen molar-refractivity contribution >= 4 is 22.7 Å². The fourth-order valence-corrected chi connectivity index (χ4v) is 2.81. The zero-order chi connectivity index (χ0) is 15.5. The number of hydrogen-bond donors (Lipinski definition) is 1. The molecule has 0 fully saturated rings. The van der Waals surface area contributed by atoms with Crippen LogP contribution in [0.1, 0.15) is 11.3 Å². The lowest BCUT2D eigenvalue weighted by Crippen LogP contribution is -1.83. The minimum absolute atomic E-state index is 0.481. The summed E-state index contributed by atoms with van der Waals surface area (Å²) in [6.45, 7) is 7.81. The van der Waals surface area contributed by atoms with Crippen LogP contribution in [0.25, 0.3) is 33.5 Å². The normalized spacial score (nSPS) is 10.4. The Bertz CT molecular complexity index is 814. The van der Waals surface area contributed by atoms with Gasteiger partial charge in [-0.1, -0.05) is 91.5 Å². The van der Waals surface area contributed by atoms with E-state index in [1.165, 1.54) is 0 Å². The van der Waals surface area contributed by atoms with Crippen molar-refractivity contribution in [3.05, 3.63) is 85.1 Å². The van der Waals surface area contributed by atoms with Crippen molar-refractivity contribution in [1.82, 2.24) is 4.98 Å². The number of aromatic amines is 1. The number of halogens is 1. The molecule has 0 atom stereocenters. The maximum Gasteiger partial charge on any atom is 0.0648 e. The first-order valence-corrected chi connectivity index (χ1v) is 7.44. The van der Waals surface area contributed by atoms with Gasteiger partial charge in [-0.25, -0.2) is 0 Å². The van der Waals surface area contributed by atoms with Gasteiger partial charge in [0.15, 0.2) is 0 Å². The van der Waals surface area contributed by atoms with Crippen molar-refractivity contribution in [1.29, 1.82) is 0 Å². The van der Waals surface area contributed by atoms with Gasteiger partial charge >= 0.3 is 0 Å². The predicted molar refractivity (Wildman–Crippen MR) is 96.6 cm³/mol. The monoisotopic (exact) mass is 305 g/mol. The highest BCUT2D eigenvalue weighted by Gasteiger charge is 2.18. The third-order valence-electron chi connectivity index (χ3n) is 3.64. The number of rotatable bonds is 4. The van der Waals surface area contributed by atoms with Gasteiger partial charge in [-0.05, 0) is 11.1 Å². The molecule has 108 valence electrons. The fraction of sp³-hybridized carbons (Fsp3) is 0. The highest BCUT2D eigenvalue weighted by atomic mass is 35.5. The number of hydrogen-bond acceptors (Lipinski definition) is 0. The van der Waals surface area contributed by atoms with E-state index in [1.54, 1.807) is 0 Å². The highest BCUT2D eigenvalue weighted by molar-refractivity contribution is 6.48. The molecular formula is C20H16ClN. The van der Waals surface area contributed by atoms with E-state index in [1.807, 2.05) is 42.5 Å². The van der Waals surface area contributed by atoms with Gasteiger partial charge in [0, 0.05) is 11.1 Å². The lowest BCUT2D eigenvalue weighted by atomic mass is 9.97. The van der Waals surface area contributed by atoms with E-state index in [4.69, 9.17) is 11.6 Å². The van der Waals surface area contributed by atoms with Crippen molar-refractivity contribution < 1.29 is 0 Å². The Hall–Kier alpha value is -2.51. The van der Waals surface area contributed by atoms with Gasteiger partial charge in [-0.15, -0.1) is 0 Å². The highest BCUT2D eigenvalue weighted by Crippen LogP contribution is 2.39. The van der Waals surface area contributed by atoms with Gasteiger partial charge < -0.3 is 4.98 Å². The Morgan fingerprint density at radius 1 is 0.909 bits per heavy atom. The van der Waals surface area contributed by atoms with Crippen molar-refractivity contribution in [3.8, 4) is 22.4 Å². The van der Waals surface area contributed by atoms with Gasteiger partial charge in [0.05, 0.1) is 16.4 Å². The summed E-state index contributed by atoms with van der Waals surface area (Å²) in [4.78, 5) is 3.41. The van der Waals surface area contributed by atoms with Crippen LogP contribution in [-0.2, 0) is 0 Å². The van der Waals surface area contributed by atoms with Crippen LogP contribution in [0.4, 0.5) is 0 Å². The Kier molecular flexibility index (Phi) is 3.99. The lowest BCUT2D eigenvalue weighted by molar-refractivity contribution is 1.36. The van der Waals surface area contributed by atoms with Crippen molar-refractivity contribution in [2.45, 2.75) is 0 Å². The molecule has 0 saturated heterocycles. The second-order valence-electron chi connectivity index (χ2n) is 5.00. The van der Waals surface area contributed by atoms with Crippen molar-refractivity contribution in [2.75, 3.05) is 0 Å². The van der Waals surface area contributed by atoms with Crippen LogP contribution in [-0.4, -0.2) is 4.98 Å².